The second kappa shape index (κ2) is 6.26. The zero-order chi connectivity index (χ0) is 14.8. The first-order chi connectivity index (χ1) is 9.40. The molecule has 2 rings (SSSR count). The molecule has 3 atom stereocenters. The predicted octanol–water partition coefficient (Wildman–Crippen LogP) is 2.39. The average Bonchev–Trinajstić information content (AvgIpc) is 2.67. The van der Waals surface area contributed by atoms with Crippen LogP contribution in [-0.4, -0.2) is 30.6 Å². The standard InChI is InChI=1S/C14H17BrO4S/c1-14(15)8-7-12(11(14)9-20(17)18)19-13(16)10-5-3-2-4-6-10/h2-6,11-12,20H,7-9H2,1H3. The van der Waals surface area contributed by atoms with Crippen LogP contribution in [-0.2, 0) is 15.4 Å². The lowest BCUT2D eigenvalue weighted by Gasteiger charge is -2.26. The fourth-order valence-corrected chi connectivity index (χ4v) is 4.48. The minimum Gasteiger partial charge on any atom is -0.458 e. The summed E-state index contributed by atoms with van der Waals surface area (Å²) >= 11 is 3.57. The van der Waals surface area contributed by atoms with Crippen LogP contribution in [0.2, 0.25) is 0 Å². The van der Waals surface area contributed by atoms with Crippen LogP contribution >= 0.6 is 15.9 Å². The van der Waals surface area contributed by atoms with Crippen LogP contribution in [0.5, 0.6) is 0 Å². The van der Waals surface area contributed by atoms with Crippen LogP contribution < -0.4 is 0 Å². The van der Waals surface area contributed by atoms with Gasteiger partial charge >= 0.3 is 5.97 Å². The Morgan fingerprint density at radius 3 is 2.65 bits per heavy atom. The minimum atomic E-state index is -2.50. The molecule has 110 valence electrons. The van der Waals surface area contributed by atoms with E-state index in [1.165, 1.54) is 0 Å². The van der Waals surface area contributed by atoms with Crippen LogP contribution in [0, 0.1) is 5.92 Å². The van der Waals surface area contributed by atoms with Gasteiger partial charge in [0.2, 0.25) is 0 Å². The highest BCUT2D eigenvalue weighted by atomic mass is 79.9. The number of rotatable bonds is 4. The van der Waals surface area contributed by atoms with Crippen molar-refractivity contribution in [2.75, 3.05) is 5.75 Å². The van der Waals surface area contributed by atoms with Crippen molar-refractivity contribution in [2.45, 2.75) is 30.2 Å². The van der Waals surface area contributed by atoms with Crippen molar-refractivity contribution in [3.8, 4) is 0 Å². The van der Waals surface area contributed by atoms with E-state index in [-0.39, 0.29) is 22.1 Å². The molecular formula is C14H17BrO4S. The number of thiol groups is 1. The van der Waals surface area contributed by atoms with Gasteiger partial charge in [0.05, 0.1) is 11.3 Å². The summed E-state index contributed by atoms with van der Waals surface area (Å²) < 4.78 is 27.2. The van der Waals surface area contributed by atoms with Crippen LogP contribution in [0.25, 0.3) is 0 Å². The summed E-state index contributed by atoms with van der Waals surface area (Å²) in [4.78, 5) is 12.1. The monoisotopic (exact) mass is 360 g/mol. The van der Waals surface area contributed by atoms with E-state index in [9.17, 15) is 13.2 Å². The lowest BCUT2D eigenvalue weighted by molar-refractivity contribution is 0.0219. The van der Waals surface area contributed by atoms with Gasteiger partial charge < -0.3 is 4.74 Å². The lowest BCUT2D eigenvalue weighted by atomic mass is 9.98. The molecule has 0 radical (unpaired) electrons. The first-order valence-electron chi connectivity index (χ1n) is 6.47. The van der Waals surface area contributed by atoms with Crippen molar-refractivity contribution in [3.63, 3.8) is 0 Å². The molecule has 0 spiro atoms. The van der Waals surface area contributed by atoms with Gasteiger partial charge in [0.15, 0.2) is 0 Å². The fraction of sp³-hybridized carbons (Fsp3) is 0.500. The quantitative estimate of drug-likeness (QED) is 0.508. The molecule has 6 heteroatoms. The highest BCUT2D eigenvalue weighted by Crippen LogP contribution is 2.44. The maximum absolute atomic E-state index is 12.1. The molecule has 0 amide bonds. The highest BCUT2D eigenvalue weighted by molar-refractivity contribution is 9.10. The van der Waals surface area contributed by atoms with E-state index in [0.29, 0.717) is 12.0 Å². The van der Waals surface area contributed by atoms with E-state index in [0.717, 1.165) is 6.42 Å². The average molecular weight is 361 g/mol. The third-order valence-electron chi connectivity index (χ3n) is 3.75. The number of ether oxygens (including phenoxy) is 1. The normalized spacial score (nSPS) is 29.6. The lowest BCUT2D eigenvalue weighted by Crippen LogP contribution is -2.34. The molecule has 1 saturated carbocycles. The summed E-state index contributed by atoms with van der Waals surface area (Å²) in [6.45, 7) is 1.95. The zero-order valence-corrected chi connectivity index (χ0v) is 13.6. The molecule has 0 bridgehead atoms. The Kier molecular flexibility index (Phi) is 4.86. The largest absolute Gasteiger partial charge is 0.458 e. The number of benzene rings is 1. The molecule has 0 saturated heterocycles. The summed E-state index contributed by atoms with van der Waals surface area (Å²) in [5.41, 5.74) is 0.487. The second-order valence-corrected chi connectivity index (χ2v) is 8.09. The Morgan fingerprint density at radius 2 is 2.05 bits per heavy atom. The zero-order valence-electron chi connectivity index (χ0n) is 11.1. The molecule has 1 aromatic rings. The van der Waals surface area contributed by atoms with Gasteiger partial charge in [-0.15, -0.1) is 0 Å². The molecule has 0 N–H and O–H groups in total. The Hall–Kier alpha value is -0.880. The number of hydrogen-bond donors (Lipinski definition) is 1. The van der Waals surface area contributed by atoms with Crippen molar-refractivity contribution in [1.82, 2.24) is 0 Å². The first-order valence-corrected chi connectivity index (χ1v) is 8.62. The van der Waals surface area contributed by atoms with Crippen molar-refractivity contribution >= 4 is 32.6 Å². The molecule has 4 nitrogen and oxygen atoms in total. The summed E-state index contributed by atoms with van der Waals surface area (Å²) in [6.07, 6.45) is 1.10. The molecule has 0 heterocycles. The van der Waals surface area contributed by atoms with Crippen LogP contribution in [0.3, 0.4) is 0 Å². The SMILES string of the molecule is CC1(Br)CCC(OC(=O)c2ccccc2)C1C[SH](=O)=O. The van der Waals surface area contributed by atoms with Gasteiger partial charge in [0.1, 0.15) is 16.8 Å². The molecular weight excluding hydrogens is 344 g/mol. The number of carbonyl (C=O) groups excluding carboxylic acids is 1. The highest BCUT2D eigenvalue weighted by Gasteiger charge is 2.45. The maximum Gasteiger partial charge on any atom is 0.338 e. The van der Waals surface area contributed by atoms with E-state index >= 15 is 0 Å². The summed E-state index contributed by atoms with van der Waals surface area (Å²) in [6, 6.07) is 8.74. The molecule has 0 aromatic heterocycles. The van der Waals surface area contributed by atoms with E-state index in [2.05, 4.69) is 15.9 Å². The number of hydrogen-bond acceptors (Lipinski definition) is 4. The molecule has 1 fully saturated rings. The Balaban J connectivity index is 2.10. The summed E-state index contributed by atoms with van der Waals surface area (Å²) in [5, 5.41) is 0. The fourth-order valence-electron chi connectivity index (χ4n) is 2.59. The van der Waals surface area contributed by atoms with Gasteiger partial charge in [-0.2, -0.15) is 0 Å². The van der Waals surface area contributed by atoms with Crippen LogP contribution in [0.1, 0.15) is 30.1 Å². The van der Waals surface area contributed by atoms with E-state index < -0.39 is 16.7 Å². The van der Waals surface area contributed by atoms with Crippen LogP contribution in [0.15, 0.2) is 30.3 Å². The maximum atomic E-state index is 12.1. The topological polar surface area (TPSA) is 60.4 Å². The van der Waals surface area contributed by atoms with Gasteiger partial charge in [-0.05, 0) is 31.9 Å². The van der Waals surface area contributed by atoms with Crippen molar-refractivity contribution in [2.24, 2.45) is 5.92 Å². The summed E-state index contributed by atoms with van der Waals surface area (Å²) in [5.74, 6) is -0.577. The Bertz CT molecular complexity index is 546. The number of carbonyl (C=O) groups is 1. The van der Waals surface area contributed by atoms with Gasteiger partial charge in [-0.25, -0.2) is 13.2 Å². The van der Waals surface area contributed by atoms with Gasteiger partial charge in [0.25, 0.3) is 0 Å². The third-order valence-corrected chi connectivity index (χ3v) is 5.43. The smallest absolute Gasteiger partial charge is 0.338 e. The molecule has 1 aliphatic carbocycles. The summed E-state index contributed by atoms with van der Waals surface area (Å²) in [7, 11) is -2.50. The molecule has 20 heavy (non-hydrogen) atoms. The van der Waals surface area contributed by atoms with Gasteiger partial charge in [-0.3, -0.25) is 0 Å². The van der Waals surface area contributed by atoms with Crippen molar-refractivity contribution in [1.29, 1.82) is 0 Å². The Labute approximate surface area is 128 Å². The molecule has 1 aliphatic rings. The van der Waals surface area contributed by atoms with Crippen molar-refractivity contribution < 1.29 is 17.9 Å². The number of halogens is 1. The molecule has 0 aliphatic heterocycles. The molecule has 1 aromatic carbocycles. The Morgan fingerprint density at radius 1 is 1.40 bits per heavy atom. The minimum absolute atomic E-state index is 0.0316. The third kappa shape index (κ3) is 3.61. The van der Waals surface area contributed by atoms with E-state index in [1.807, 2.05) is 13.0 Å². The van der Waals surface area contributed by atoms with E-state index in [4.69, 9.17) is 4.74 Å². The van der Waals surface area contributed by atoms with Gasteiger partial charge in [-0.1, -0.05) is 34.1 Å². The molecule has 3 unspecified atom stereocenters. The van der Waals surface area contributed by atoms with Crippen molar-refractivity contribution in [3.05, 3.63) is 35.9 Å². The number of alkyl halides is 1. The van der Waals surface area contributed by atoms with Crippen LogP contribution in [0.4, 0.5) is 0 Å². The second-order valence-electron chi connectivity index (χ2n) is 5.25. The predicted molar refractivity (Wildman–Crippen MR) is 80.9 cm³/mol. The van der Waals surface area contributed by atoms with E-state index in [1.54, 1.807) is 24.3 Å². The number of esters is 1. The van der Waals surface area contributed by atoms with Gasteiger partial charge in [0, 0.05) is 10.2 Å². The first kappa shape index (κ1) is 15.5.